The monoisotopic (exact) mass is 409 g/mol. The summed E-state index contributed by atoms with van der Waals surface area (Å²) in [7, 11) is -3.86. The van der Waals surface area contributed by atoms with Crippen molar-refractivity contribution in [2.24, 2.45) is 0 Å². The second-order valence-electron chi connectivity index (χ2n) is 5.70. The molecule has 0 aliphatic carbocycles. The molecule has 1 unspecified atom stereocenters. The van der Waals surface area contributed by atoms with Crippen LogP contribution in [0.25, 0.3) is 0 Å². The normalized spacial score (nSPS) is 16.8. The Morgan fingerprint density at radius 2 is 2.17 bits per heavy atom. The lowest BCUT2D eigenvalue weighted by Gasteiger charge is -2.23. The summed E-state index contributed by atoms with van der Waals surface area (Å²) in [6.07, 6.45) is 3.61. The van der Waals surface area contributed by atoms with Crippen LogP contribution in [0.4, 0.5) is 11.4 Å². The molecule has 2 aromatic rings. The number of aromatic nitrogens is 1. The predicted octanol–water partition coefficient (Wildman–Crippen LogP) is 2.94. The molecule has 6 nitrogen and oxygen atoms in total. The lowest BCUT2D eigenvalue weighted by atomic mass is 10.1. The van der Waals surface area contributed by atoms with Gasteiger partial charge in [0.25, 0.3) is 10.0 Å². The van der Waals surface area contributed by atoms with Crippen LogP contribution in [0.3, 0.4) is 0 Å². The van der Waals surface area contributed by atoms with Crippen molar-refractivity contribution in [2.75, 3.05) is 9.62 Å². The first-order chi connectivity index (χ1) is 11.3. The zero-order valence-corrected chi connectivity index (χ0v) is 15.6. The van der Waals surface area contributed by atoms with Gasteiger partial charge in [-0.15, -0.1) is 0 Å². The Balaban J connectivity index is 2.14. The largest absolute Gasteiger partial charge is 0.308 e. The standard InChI is InChI=1S/C16H16BrN3O3S/c1-10-6-12-7-13(17)8-15(16(12)20(10)11(2)21)24(22,23)19-14-4-3-5-18-9-14/h3-5,7-10,19H,6H2,1-2H3. The molecular weight excluding hydrogens is 394 g/mol. The number of nitrogens with zero attached hydrogens (tertiary/aromatic N) is 2. The number of pyridine rings is 1. The maximum atomic E-state index is 12.9. The van der Waals surface area contributed by atoms with Crippen LogP contribution in [0, 0.1) is 0 Å². The quantitative estimate of drug-likeness (QED) is 0.844. The Morgan fingerprint density at radius 1 is 1.42 bits per heavy atom. The van der Waals surface area contributed by atoms with Gasteiger partial charge in [-0.25, -0.2) is 8.42 Å². The average Bonchev–Trinajstić information content (AvgIpc) is 2.82. The summed E-state index contributed by atoms with van der Waals surface area (Å²) >= 11 is 3.36. The van der Waals surface area contributed by atoms with E-state index in [-0.39, 0.29) is 16.8 Å². The zero-order valence-electron chi connectivity index (χ0n) is 13.2. The minimum absolute atomic E-state index is 0.0790. The van der Waals surface area contributed by atoms with Gasteiger partial charge >= 0.3 is 0 Å². The Morgan fingerprint density at radius 3 is 2.79 bits per heavy atom. The molecule has 8 heteroatoms. The summed E-state index contributed by atoms with van der Waals surface area (Å²) in [6, 6.07) is 6.56. The molecule has 1 aliphatic rings. The third-order valence-electron chi connectivity index (χ3n) is 3.86. The minimum atomic E-state index is -3.86. The van der Waals surface area contributed by atoms with Crippen molar-refractivity contribution in [2.45, 2.75) is 31.2 Å². The third kappa shape index (κ3) is 3.03. The fourth-order valence-electron chi connectivity index (χ4n) is 2.99. The number of carbonyl (C=O) groups excluding carboxylic acids is 1. The molecule has 3 rings (SSSR count). The first-order valence-corrected chi connectivity index (χ1v) is 9.62. The summed E-state index contributed by atoms with van der Waals surface area (Å²) in [5, 5.41) is 0. The Kier molecular flexibility index (Phi) is 4.35. The van der Waals surface area contributed by atoms with Crippen LogP contribution in [0.15, 0.2) is 46.0 Å². The van der Waals surface area contributed by atoms with Crippen LogP contribution >= 0.6 is 15.9 Å². The highest BCUT2D eigenvalue weighted by molar-refractivity contribution is 9.10. The molecule has 2 heterocycles. The number of nitrogens with one attached hydrogen (secondary N) is 1. The maximum Gasteiger partial charge on any atom is 0.264 e. The van der Waals surface area contributed by atoms with Gasteiger partial charge in [0.1, 0.15) is 4.90 Å². The summed E-state index contributed by atoms with van der Waals surface area (Å²) in [5.74, 6) is -0.179. The molecule has 0 saturated heterocycles. The number of amides is 1. The Labute approximate surface area is 149 Å². The number of hydrogen-bond acceptors (Lipinski definition) is 4. The molecule has 0 radical (unpaired) electrons. The second kappa shape index (κ2) is 6.18. The molecule has 0 fully saturated rings. The number of anilines is 2. The molecule has 1 aromatic carbocycles. The van der Waals surface area contributed by atoms with E-state index in [1.165, 1.54) is 19.2 Å². The molecule has 0 spiro atoms. The molecule has 0 saturated carbocycles. The van der Waals surface area contributed by atoms with E-state index in [2.05, 4.69) is 25.6 Å². The molecule has 1 aliphatic heterocycles. The van der Waals surface area contributed by atoms with Crippen molar-refractivity contribution >= 4 is 43.2 Å². The number of rotatable bonds is 3. The molecule has 1 aromatic heterocycles. The highest BCUT2D eigenvalue weighted by Crippen LogP contribution is 2.40. The van der Waals surface area contributed by atoms with Gasteiger partial charge in [0.15, 0.2) is 0 Å². The molecule has 126 valence electrons. The molecule has 1 amide bonds. The van der Waals surface area contributed by atoms with Crippen molar-refractivity contribution in [3.05, 3.63) is 46.7 Å². The van der Waals surface area contributed by atoms with Gasteiger partial charge < -0.3 is 4.90 Å². The molecule has 24 heavy (non-hydrogen) atoms. The summed E-state index contributed by atoms with van der Waals surface area (Å²) < 4.78 is 29.0. The smallest absolute Gasteiger partial charge is 0.264 e. The maximum absolute atomic E-state index is 12.9. The summed E-state index contributed by atoms with van der Waals surface area (Å²) in [5.41, 5.74) is 1.65. The topological polar surface area (TPSA) is 79.4 Å². The van der Waals surface area contributed by atoms with Crippen molar-refractivity contribution in [1.82, 2.24) is 4.98 Å². The second-order valence-corrected chi connectivity index (χ2v) is 8.27. The number of halogens is 1. The lowest BCUT2D eigenvalue weighted by Crippen LogP contribution is -2.34. The summed E-state index contributed by atoms with van der Waals surface area (Å²) in [6.45, 7) is 3.35. The molecule has 1 N–H and O–H groups in total. The van der Waals surface area contributed by atoms with Gasteiger partial charge in [0, 0.05) is 23.6 Å². The first kappa shape index (κ1) is 16.9. The number of hydrogen-bond donors (Lipinski definition) is 1. The Hall–Kier alpha value is -1.93. The fraction of sp³-hybridized carbons (Fsp3) is 0.250. The van der Waals surface area contributed by atoms with E-state index >= 15 is 0 Å². The van der Waals surface area contributed by atoms with E-state index in [0.717, 1.165) is 5.56 Å². The van der Waals surface area contributed by atoms with Crippen molar-refractivity contribution in [1.29, 1.82) is 0 Å². The molecule has 1 atom stereocenters. The zero-order chi connectivity index (χ0) is 17.5. The van der Waals surface area contributed by atoms with E-state index < -0.39 is 10.0 Å². The van der Waals surface area contributed by atoms with Gasteiger partial charge in [-0.3, -0.25) is 14.5 Å². The third-order valence-corrected chi connectivity index (χ3v) is 5.71. The van der Waals surface area contributed by atoms with E-state index in [4.69, 9.17) is 0 Å². The Bertz CT molecular complexity index is 900. The van der Waals surface area contributed by atoms with Crippen molar-refractivity contribution in [3.8, 4) is 0 Å². The van der Waals surface area contributed by atoms with Crippen LogP contribution in [-0.4, -0.2) is 25.4 Å². The average molecular weight is 410 g/mol. The van der Waals surface area contributed by atoms with Crippen LogP contribution < -0.4 is 9.62 Å². The molecule has 0 bridgehead atoms. The van der Waals surface area contributed by atoms with Crippen LogP contribution in [-0.2, 0) is 21.2 Å². The predicted molar refractivity (Wildman–Crippen MR) is 95.5 cm³/mol. The highest BCUT2D eigenvalue weighted by Gasteiger charge is 2.35. The number of benzene rings is 1. The van der Waals surface area contributed by atoms with E-state index in [1.807, 2.05) is 13.0 Å². The van der Waals surface area contributed by atoms with Crippen LogP contribution in [0.5, 0.6) is 0 Å². The number of carbonyl (C=O) groups is 1. The van der Waals surface area contributed by atoms with Crippen molar-refractivity contribution in [3.63, 3.8) is 0 Å². The lowest BCUT2D eigenvalue weighted by molar-refractivity contribution is -0.116. The van der Waals surface area contributed by atoms with Crippen LogP contribution in [0.1, 0.15) is 19.4 Å². The van der Waals surface area contributed by atoms with Gasteiger partial charge in [-0.2, -0.15) is 0 Å². The van der Waals surface area contributed by atoms with Gasteiger partial charge in [-0.05, 0) is 43.2 Å². The molecular formula is C16H16BrN3O3S. The van der Waals surface area contributed by atoms with Gasteiger partial charge in [-0.1, -0.05) is 15.9 Å². The highest BCUT2D eigenvalue weighted by atomic mass is 79.9. The van der Waals surface area contributed by atoms with Crippen molar-refractivity contribution < 1.29 is 13.2 Å². The summed E-state index contributed by atoms with van der Waals surface area (Å²) in [4.78, 5) is 17.6. The minimum Gasteiger partial charge on any atom is -0.308 e. The number of sulfonamides is 1. The van der Waals surface area contributed by atoms with Gasteiger partial charge in [0.2, 0.25) is 5.91 Å². The fourth-order valence-corrected chi connectivity index (χ4v) is 4.96. The number of fused-ring (bicyclic) bond motifs is 1. The van der Waals surface area contributed by atoms with E-state index in [0.29, 0.717) is 22.3 Å². The van der Waals surface area contributed by atoms with E-state index in [1.54, 1.807) is 23.2 Å². The van der Waals surface area contributed by atoms with Crippen LogP contribution in [0.2, 0.25) is 0 Å². The van der Waals surface area contributed by atoms with E-state index in [9.17, 15) is 13.2 Å². The SMILES string of the molecule is CC(=O)N1c2c(cc(Br)cc2S(=O)(=O)Nc2cccnc2)CC1C. The first-order valence-electron chi connectivity index (χ1n) is 7.34. The van der Waals surface area contributed by atoms with Gasteiger partial charge in [0.05, 0.1) is 17.6 Å².